The summed E-state index contributed by atoms with van der Waals surface area (Å²) >= 11 is 0. The van der Waals surface area contributed by atoms with Gasteiger partial charge in [-0.25, -0.2) is 8.78 Å². The fourth-order valence-electron chi connectivity index (χ4n) is 2.68. The minimum atomic E-state index is -0.778. The zero-order valence-corrected chi connectivity index (χ0v) is 12.5. The van der Waals surface area contributed by atoms with E-state index in [2.05, 4.69) is 23.6 Å². The first-order chi connectivity index (χ1) is 9.56. The van der Waals surface area contributed by atoms with Crippen LogP contribution in [0.3, 0.4) is 0 Å². The summed E-state index contributed by atoms with van der Waals surface area (Å²) in [6.45, 7) is 4.00. The molecule has 0 radical (unpaired) electrons. The lowest BCUT2D eigenvalue weighted by Gasteiger charge is -2.40. The smallest absolute Gasteiger partial charge is 0.160 e. The predicted octanol–water partition coefficient (Wildman–Crippen LogP) is 4.21. The zero-order chi connectivity index (χ0) is 14.9. The van der Waals surface area contributed by atoms with Crippen molar-refractivity contribution in [2.24, 2.45) is 0 Å². The molecule has 0 amide bonds. The zero-order valence-electron chi connectivity index (χ0n) is 12.5. The number of fused-ring (bicyclic) bond motifs is 1. The van der Waals surface area contributed by atoms with Crippen LogP contribution in [0, 0.1) is 11.6 Å². The SMILES string of the molecule is CC.CN(C)C1CC(n2ccc3cc(F)c(F)cc32)C1. The van der Waals surface area contributed by atoms with Gasteiger partial charge in [0.25, 0.3) is 0 Å². The van der Waals surface area contributed by atoms with Crippen LogP contribution in [-0.4, -0.2) is 29.6 Å². The van der Waals surface area contributed by atoms with Crippen molar-refractivity contribution < 1.29 is 8.78 Å². The Hall–Kier alpha value is -1.42. The maximum absolute atomic E-state index is 13.3. The number of benzene rings is 1. The summed E-state index contributed by atoms with van der Waals surface area (Å²) in [5, 5.41) is 0.766. The first kappa shape index (κ1) is 15.0. The summed E-state index contributed by atoms with van der Waals surface area (Å²) < 4.78 is 28.5. The number of hydrogen-bond acceptors (Lipinski definition) is 1. The van der Waals surface area contributed by atoms with Crippen molar-refractivity contribution in [1.82, 2.24) is 9.47 Å². The highest BCUT2D eigenvalue weighted by Crippen LogP contribution is 2.37. The first-order valence-electron chi connectivity index (χ1n) is 7.18. The second-order valence-corrected chi connectivity index (χ2v) is 5.29. The van der Waals surface area contributed by atoms with E-state index in [4.69, 9.17) is 0 Å². The van der Waals surface area contributed by atoms with Gasteiger partial charge in [-0.2, -0.15) is 0 Å². The van der Waals surface area contributed by atoms with Gasteiger partial charge in [-0.05, 0) is 39.1 Å². The third-order valence-electron chi connectivity index (χ3n) is 3.97. The molecule has 1 aromatic carbocycles. The topological polar surface area (TPSA) is 8.17 Å². The number of nitrogens with zero attached hydrogens (tertiary/aromatic N) is 2. The Labute approximate surface area is 119 Å². The molecule has 0 bridgehead atoms. The standard InChI is InChI=1S/C14H16F2N2.C2H6/c1-17(2)10-6-11(7-10)18-4-3-9-5-12(15)13(16)8-14(9)18;1-2/h3-5,8,10-11H,6-7H2,1-2H3;1-2H3. The van der Waals surface area contributed by atoms with E-state index >= 15 is 0 Å². The molecule has 2 nitrogen and oxygen atoms in total. The van der Waals surface area contributed by atoms with Crippen LogP contribution >= 0.6 is 0 Å². The Morgan fingerprint density at radius 2 is 1.70 bits per heavy atom. The van der Waals surface area contributed by atoms with E-state index < -0.39 is 11.6 Å². The van der Waals surface area contributed by atoms with Crippen molar-refractivity contribution in [2.75, 3.05) is 14.1 Å². The van der Waals surface area contributed by atoms with Crippen molar-refractivity contribution in [3.63, 3.8) is 0 Å². The summed E-state index contributed by atoms with van der Waals surface area (Å²) in [5.41, 5.74) is 0.788. The second-order valence-electron chi connectivity index (χ2n) is 5.29. The maximum Gasteiger partial charge on any atom is 0.160 e. The lowest BCUT2D eigenvalue weighted by Crippen LogP contribution is -2.41. The van der Waals surface area contributed by atoms with Gasteiger partial charge in [0.2, 0.25) is 0 Å². The van der Waals surface area contributed by atoms with Gasteiger partial charge in [-0.3, -0.25) is 0 Å². The minimum absolute atomic E-state index is 0.403. The molecule has 1 aliphatic carbocycles. The van der Waals surface area contributed by atoms with Gasteiger partial charge < -0.3 is 9.47 Å². The summed E-state index contributed by atoms with van der Waals surface area (Å²) in [5.74, 6) is -1.55. The van der Waals surface area contributed by atoms with E-state index in [0.717, 1.165) is 23.7 Å². The molecule has 0 N–H and O–H groups in total. The number of hydrogen-bond donors (Lipinski definition) is 0. The van der Waals surface area contributed by atoms with Crippen molar-refractivity contribution in [1.29, 1.82) is 0 Å². The monoisotopic (exact) mass is 280 g/mol. The van der Waals surface area contributed by atoms with Crippen LogP contribution in [0.4, 0.5) is 8.78 Å². The maximum atomic E-state index is 13.3. The van der Waals surface area contributed by atoms with E-state index in [-0.39, 0.29) is 0 Å². The van der Waals surface area contributed by atoms with E-state index in [1.807, 2.05) is 26.1 Å². The third-order valence-corrected chi connectivity index (χ3v) is 3.97. The summed E-state index contributed by atoms with van der Waals surface area (Å²) in [4.78, 5) is 2.21. The third kappa shape index (κ3) is 2.57. The molecule has 2 aromatic rings. The highest BCUT2D eigenvalue weighted by atomic mass is 19.2. The molecule has 0 saturated heterocycles. The summed E-state index contributed by atoms with van der Waals surface area (Å²) in [7, 11) is 4.15. The molecule has 1 fully saturated rings. The molecule has 4 heteroatoms. The molecule has 3 rings (SSSR count). The van der Waals surface area contributed by atoms with Gasteiger partial charge in [0.1, 0.15) is 0 Å². The van der Waals surface area contributed by atoms with Crippen LogP contribution in [0.1, 0.15) is 32.7 Å². The largest absolute Gasteiger partial charge is 0.344 e. The van der Waals surface area contributed by atoms with Crippen molar-refractivity contribution >= 4 is 10.9 Å². The lowest BCUT2D eigenvalue weighted by atomic mass is 9.85. The Balaban J connectivity index is 0.000000704. The van der Waals surface area contributed by atoms with Crippen LogP contribution < -0.4 is 0 Å². The number of aromatic nitrogens is 1. The van der Waals surface area contributed by atoms with Crippen LogP contribution in [0.25, 0.3) is 10.9 Å². The Kier molecular flexibility index (Phi) is 4.43. The molecule has 1 saturated carbocycles. The van der Waals surface area contributed by atoms with E-state index in [0.29, 0.717) is 12.1 Å². The highest BCUT2D eigenvalue weighted by molar-refractivity contribution is 5.80. The molecule has 20 heavy (non-hydrogen) atoms. The van der Waals surface area contributed by atoms with Crippen LogP contribution in [0.2, 0.25) is 0 Å². The van der Waals surface area contributed by atoms with Gasteiger partial charge in [-0.1, -0.05) is 13.8 Å². The normalized spacial score (nSPS) is 21.6. The molecule has 0 unspecified atom stereocenters. The number of rotatable bonds is 2. The molecule has 1 aliphatic rings. The van der Waals surface area contributed by atoms with Gasteiger partial charge in [0.15, 0.2) is 11.6 Å². The first-order valence-corrected chi connectivity index (χ1v) is 7.18. The molecule has 110 valence electrons. The Morgan fingerprint density at radius 1 is 1.10 bits per heavy atom. The van der Waals surface area contributed by atoms with Gasteiger partial charge >= 0.3 is 0 Å². The molecular weight excluding hydrogens is 258 g/mol. The van der Waals surface area contributed by atoms with E-state index in [1.54, 1.807) is 0 Å². The fraction of sp³-hybridized carbons (Fsp3) is 0.500. The van der Waals surface area contributed by atoms with Gasteiger partial charge in [0.05, 0.1) is 5.52 Å². The molecule has 0 atom stereocenters. The van der Waals surface area contributed by atoms with Crippen LogP contribution in [-0.2, 0) is 0 Å². The lowest BCUT2D eigenvalue weighted by molar-refractivity contribution is 0.132. The predicted molar refractivity (Wildman–Crippen MR) is 78.9 cm³/mol. The van der Waals surface area contributed by atoms with Crippen LogP contribution in [0.15, 0.2) is 24.4 Å². The van der Waals surface area contributed by atoms with Crippen molar-refractivity contribution in [3.8, 4) is 0 Å². The van der Waals surface area contributed by atoms with Crippen molar-refractivity contribution in [2.45, 2.75) is 38.8 Å². The van der Waals surface area contributed by atoms with Crippen LogP contribution in [0.5, 0.6) is 0 Å². The van der Waals surface area contributed by atoms with Crippen molar-refractivity contribution in [3.05, 3.63) is 36.0 Å². The molecule has 1 aromatic heterocycles. The highest BCUT2D eigenvalue weighted by Gasteiger charge is 2.32. The summed E-state index contributed by atoms with van der Waals surface area (Å²) in [6, 6.07) is 5.41. The van der Waals surface area contributed by atoms with E-state index in [9.17, 15) is 8.78 Å². The van der Waals surface area contributed by atoms with E-state index in [1.165, 1.54) is 12.1 Å². The summed E-state index contributed by atoms with van der Waals surface area (Å²) in [6.07, 6.45) is 4.06. The van der Waals surface area contributed by atoms with Gasteiger partial charge in [-0.15, -0.1) is 0 Å². The molecular formula is C16H22F2N2. The second kappa shape index (κ2) is 5.92. The molecule has 0 spiro atoms. The molecule has 1 heterocycles. The average molecular weight is 280 g/mol. The Morgan fingerprint density at radius 3 is 2.30 bits per heavy atom. The Bertz CT molecular complexity index is 583. The van der Waals surface area contributed by atoms with Gasteiger partial charge in [0, 0.05) is 29.7 Å². The quantitative estimate of drug-likeness (QED) is 0.800. The average Bonchev–Trinajstić information content (AvgIpc) is 2.73. The fourth-order valence-corrected chi connectivity index (χ4v) is 2.68. The minimum Gasteiger partial charge on any atom is -0.344 e. The number of halogens is 2. The molecule has 0 aliphatic heterocycles.